The average Bonchev–Trinajstić information content (AvgIpc) is 3.33. The average molecular weight is 359 g/mol. The summed E-state index contributed by atoms with van der Waals surface area (Å²) in [5.74, 6) is 0.320. The van der Waals surface area contributed by atoms with Gasteiger partial charge in [-0.15, -0.1) is 5.10 Å². The van der Waals surface area contributed by atoms with E-state index in [0.29, 0.717) is 23.1 Å². The van der Waals surface area contributed by atoms with Gasteiger partial charge in [-0.25, -0.2) is 0 Å². The fourth-order valence-corrected chi connectivity index (χ4v) is 3.51. The molecule has 0 bridgehead atoms. The highest BCUT2D eigenvalue weighted by Crippen LogP contribution is 2.46. The standard InChI is InChI=1S/C19H13N5O3/c20-7-12-15(11-2-1-5-22-8-11)16-17(23-24-19(16)27-18(12)21)10-3-4-13-14(6-10)26-9-25-13/h1-6,8,12,15,21H,9H2,(H,23,24). The summed E-state index contributed by atoms with van der Waals surface area (Å²) in [5, 5.41) is 25.0. The number of benzene rings is 1. The molecule has 2 N–H and O–H groups in total. The van der Waals surface area contributed by atoms with E-state index in [9.17, 15) is 5.26 Å². The Morgan fingerprint density at radius 2 is 2.11 bits per heavy atom. The van der Waals surface area contributed by atoms with Crippen molar-refractivity contribution in [2.45, 2.75) is 5.92 Å². The molecular weight excluding hydrogens is 346 g/mol. The van der Waals surface area contributed by atoms with E-state index in [1.807, 2.05) is 30.3 Å². The highest BCUT2D eigenvalue weighted by molar-refractivity contribution is 5.86. The van der Waals surface area contributed by atoms with Crippen molar-refractivity contribution in [3.05, 3.63) is 53.9 Å². The lowest BCUT2D eigenvalue weighted by Gasteiger charge is -2.27. The van der Waals surface area contributed by atoms with Gasteiger partial charge in [0.25, 0.3) is 0 Å². The minimum absolute atomic E-state index is 0.123. The summed E-state index contributed by atoms with van der Waals surface area (Å²) in [6, 6.07) is 11.5. The fraction of sp³-hybridized carbons (Fsp3) is 0.158. The van der Waals surface area contributed by atoms with Crippen LogP contribution in [0.2, 0.25) is 0 Å². The molecule has 0 saturated heterocycles. The molecule has 8 nitrogen and oxygen atoms in total. The zero-order chi connectivity index (χ0) is 18.4. The highest BCUT2D eigenvalue weighted by atomic mass is 16.7. The molecule has 0 saturated carbocycles. The molecule has 0 fully saturated rings. The van der Waals surface area contributed by atoms with Crippen LogP contribution >= 0.6 is 0 Å². The van der Waals surface area contributed by atoms with Crippen LogP contribution in [0.5, 0.6) is 17.4 Å². The maximum Gasteiger partial charge on any atom is 0.244 e. The number of H-pyrrole nitrogens is 1. The summed E-state index contributed by atoms with van der Waals surface area (Å²) < 4.78 is 16.4. The lowest BCUT2D eigenvalue weighted by atomic mass is 9.79. The van der Waals surface area contributed by atoms with Crippen LogP contribution < -0.4 is 14.2 Å². The molecule has 132 valence electrons. The van der Waals surface area contributed by atoms with Crippen molar-refractivity contribution >= 4 is 5.90 Å². The van der Waals surface area contributed by atoms with Crippen molar-refractivity contribution < 1.29 is 14.2 Å². The smallest absolute Gasteiger partial charge is 0.244 e. The van der Waals surface area contributed by atoms with Crippen molar-refractivity contribution in [1.82, 2.24) is 15.2 Å². The molecule has 27 heavy (non-hydrogen) atoms. The Balaban J connectivity index is 1.70. The van der Waals surface area contributed by atoms with Gasteiger partial charge in [-0.1, -0.05) is 6.07 Å². The number of nitrogens with one attached hydrogen (secondary N) is 2. The summed E-state index contributed by atoms with van der Waals surface area (Å²) in [6.07, 6.45) is 3.37. The zero-order valence-corrected chi connectivity index (χ0v) is 14.0. The topological polar surface area (TPSA) is 117 Å². The van der Waals surface area contributed by atoms with Crippen LogP contribution in [0.15, 0.2) is 42.7 Å². The number of hydrogen-bond acceptors (Lipinski definition) is 7. The molecule has 2 aromatic heterocycles. The normalized spacial score (nSPS) is 19.9. The van der Waals surface area contributed by atoms with Gasteiger partial charge in [0.1, 0.15) is 5.92 Å². The Morgan fingerprint density at radius 3 is 2.93 bits per heavy atom. The van der Waals surface area contributed by atoms with E-state index in [0.717, 1.165) is 16.7 Å². The van der Waals surface area contributed by atoms with E-state index in [-0.39, 0.29) is 12.7 Å². The number of pyridine rings is 1. The van der Waals surface area contributed by atoms with Gasteiger partial charge in [-0.05, 0) is 29.8 Å². The van der Waals surface area contributed by atoms with Crippen LogP contribution in [-0.2, 0) is 0 Å². The molecule has 0 aliphatic carbocycles. The predicted octanol–water partition coefficient (Wildman–Crippen LogP) is 2.84. The Kier molecular flexibility index (Phi) is 3.33. The van der Waals surface area contributed by atoms with Gasteiger partial charge in [0.15, 0.2) is 11.5 Å². The fourth-order valence-electron chi connectivity index (χ4n) is 3.51. The largest absolute Gasteiger partial charge is 0.454 e. The van der Waals surface area contributed by atoms with E-state index in [1.165, 1.54) is 0 Å². The minimum atomic E-state index is -0.771. The van der Waals surface area contributed by atoms with Gasteiger partial charge < -0.3 is 14.2 Å². The van der Waals surface area contributed by atoms with E-state index < -0.39 is 11.8 Å². The monoisotopic (exact) mass is 359 g/mol. The Morgan fingerprint density at radius 1 is 1.22 bits per heavy atom. The summed E-state index contributed by atoms with van der Waals surface area (Å²) in [4.78, 5) is 4.17. The third-order valence-electron chi connectivity index (χ3n) is 4.75. The van der Waals surface area contributed by atoms with Gasteiger partial charge >= 0.3 is 0 Å². The summed E-state index contributed by atoms with van der Waals surface area (Å²) in [6.45, 7) is 0.189. The number of fused-ring (bicyclic) bond motifs is 2. The molecule has 3 aromatic rings. The Bertz CT molecular complexity index is 1090. The van der Waals surface area contributed by atoms with Crippen LogP contribution in [0.4, 0.5) is 0 Å². The molecule has 2 aliphatic rings. The van der Waals surface area contributed by atoms with Crippen LogP contribution in [-0.4, -0.2) is 27.9 Å². The first-order chi connectivity index (χ1) is 13.3. The van der Waals surface area contributed by atoms with E-state index >= 15 is 0 Å². The number of ether oxygens (including phenoxy) is 3. The second kappa shape index (κ2) is 5.85. The molecule has 0 radical (unpaired) electrons. The molecule has 4 heterocycles. The molecule has 1 aromatic carbocycles. The second-order valence-electron chi connectivity index (χ2n) is 6.22. The van der Waals surface area contributed by atoms with Crippen molar-refractivity contribution in [1.29, 1.82) is 10.7 Å². The minimum Gasteiger partial charge on any atom is -0.454 e. The number of nitrogens with zero attached hydrogens (tertiary/aromatic N) is 3. The molecule has 2 aliphatic heterocycles. The van der Waals surface area contributed by atoms with Gasteiger partial charge in [-0.3, -0.25) is 15.5 Å². The first-order valence-corrected chi connectivity index (χ1v) is 8.30. The van der Waals surface area contributed by atoms with Crippen molar-refractivity contribution in [3.63, 3.8) is 0 Å². The maximum atomic E-state index is 9.69. The van der Waals surface area contributed by atoms with Crippen LogP contribution in [0, 0.1) is 22.7 Å². The predicted molar refractivity (Wildman–Crippen MR) is 93.7 cm³/mol. The highest BCUT2D eigenvalue weighted by Gasteiger charge is 2.41. The third kappa shape index (κ3) is 2.33. The molecule has 2 atom stereocenters. The molecule has 0 spiro atoms. The number of hydrogen-bond donors (Lipinski definition) is 2. The Hall–Kier alpha value is -3.86. The molecular formula is C19H13N5O3. The number of nitriles is 1. The van der Waals surface area contributed by atoms with Gasteiger partial charge in [0.2, 0.25) is 18.6 Å². The quantitative estimate of drug-likeness (QED) is 0.726. The molecule has 0 amide bonds. The van der Waals surface area contributed by atoms with Crippen molar-refractivity contribution in [3.8, 4) is 34.7 Å². The Labute approximate surface area is 153 Å². The van der Waals surface area contributed by atoms with Crippen LogP contribution in [0.3, 0.4) is 0 Å². The third-order valence-corrected chi connectivity index (χ3v) is 4.75. The zero-order valence-electron chi connectivity index (χ0n) is 14.0. The molecule has 8 heteroatoms. The lowest BCUT2D eigenvalue weighted by Crippen LogP contribution is -2.30. The van der Waals surface area contributed by atoms with E-state index in [4.69, 9.17) is 19.6 Å². The summed E-state index contributed by atoms with van der Waals surface area (Å²) in [5.41, 5.74) is 3.09. The van der Waals surface area contributed by atoms with Crippen molar-refractivity contribution in [2.24, 2.45) is 5.92 Å². The van der Waals surface area contributed by atoms with Crippen LogP contribution in [0.25, 0.3) is 11.3 Å². The second-order valence-corrected chi connectivity index (χ2v) is 6.22. The van der Waals surface area contributed by atoms with Gasteiger partial charge in [-0.2, -0.15) is 5.26 Å². The maximum absolute atomic E-state index is 9.69. The molecule has 5 rings (SSSR count). The van der Waals surface area contributed by atoms with Gasteiger partial charge in [0.05, 0.1) is 17.3 Å². The van der Waals surface area contributed by atoms with E-state index in [1.54, 1.807) is 12.4 Å². The van der Waals surface area contributed by atoms with Crippen LogP contribution in [0.1, 0.15) is 17.0 Å². The summed E-state index contributed by atoms with van der Waals surface area (Å²) in [7, 11) is 0. The van der Waals surface area contributed by atoms with E-state index in [2.05, 4.69) is 21.3 Å². The molecule has 2 unspecified atom stereocenters. The number of aromatic nitrogens is 3. The number of rotatable bonds is 2. The summed E-state index contributed by atoms with van der Waals surface area (Å²) >= 11 is 0. The van der Waals surface area contributed by atoms with Gasteiger partial charge in [0, 0.05) is 23.9 Å². The SMILES string of the molecule is N#CC1C(=N)Oc2n[nH]c(-c3ccc4c(c3)OCO4)c2C1c1cccnc1. The first kappa shape index (κ1) is 15.4. The lowest BCUT2D eigenvalue weighted by molar-refractivity contribution is 0.174. The number of aromatic amines is 1. The first-order valence-electron chi connectivity index (χ1n) is 8.30. The van der Waals surface area contributed by atoms with Crippen molar-refractivity contribution in [2.75, 3.05) is 6.79 Å².